The van der Waals surface area contributed by atoms with Crippen LogP contribution in [0.15, 0.2) is 364 Å². The van der Waals surface area contributed by atoms with Crippen molar-refractivity contribution in [3.05, 3.63) is 397 Å². The van der Waals surface area contributed by atoms with Gasteiger partial charge in [-0.15, -0.1) is 0 Å². The summed E-state index contributed by atoms with van der Waals surface area (Å²) in [6.45, 7) is 0. The van der Waals surface area contributed by atoms with Gasteiger partial charge in [-0.2, -0.15) is 0 Å². The summed E-state index contributed by atoms with van der Waals surface area (Å²) >= 11 is 0. The standard InChI is InChI=1S/C57H27N3.C54H39N3/c1-4-13-28-25(10-1)31-16-7-19-34-37-23-41-44-46-43-40(52(28)58(49(31)34)55(37)46)22-38-35-20-8-17-32-27-12-3-6-15-30(27)54-42-24-39-36-21-9-18-33-26-11-2-5-14-29(26)53(41)60(51(33)36)57(39)48(44)45(42)47(43)56(38)59(54)50(32)35;1-4-19-37(20-5-1)40-25-10-13-31-46(40)55-49-34-16-28-43-52(49)44-29-17-35-50(56-47-32-14-11-26-41(47)38-21-6-2-7-22-38)54(44)45-30-18-36-51(53(43)45)57-48-33-15-12-27-42(48)39-23-8-3-9-24-39/h1-24,52-54H;1-36,55-57H. The zero-order chi connectivity index (χ0) is 75.7. The third-order valence-electron chi connectivity index (χ3n) is 27.3. The van der Waals surface area contributed by atoms with Crippen molar-refractivity contribution in [2.45, 2.75) is 18.1 Å². The molecular weight excluding hydrogens is 1420 g/mol. The first-order valence-corrected chi connectivity index (χ1v) is 41.0. The lowest BCUT2D eigenvalue weighted by Crippen LogP contribution is -2.24. The highest BCUT2D eigenvalue weighted by Crippen LogP contribution is 2.66. The number of para-hydroxylation sites is 6. The van der Waals surface area contributed by atoms with Gasteiger partial charge >= 0.3 is 0 Å². The van der Waals surface area contributed by atoms with Crippen molar-refractivity contribution < 1.29 is 0 Å². The largest absolute Gasteiger partial charge is 0.354 e. The Labute approximate surface area is 671 Å². The molecule has 23 aromatic rings. The van der Waals surface area contributed by atoms with Crippen molar-refractivity contribution >= 4 is 164 Å². The molecule has 3 N–H and O–H groups in total. The zero-order valence-corrected chi connectivity index (χ0v) is 63.2. The molecule has 0 radical (unpaired) electrons. The third-order valence-corrected chi connectivity index (χ3v) is 27.3. The molecule has 0 saturated carbocycles. The number of hydrogen-bond acceptors (Lipinski definition) is 3. The monoisotopic (exact) mass is 1480 g/mol. The van der Waals surface area contributed by atoms with Crippen LogP contribution < -0.4 is 16.0 Å². The van der Waals surface area contributed by atoms with Gasteiger partial charge in [-0.1, -0.05) is 309 Å². The van der Waals surface area contributed by atoms with E-state index < -0.39 is 0 Å². The SMILES string of the molecule is c1ccc(-c2ccccc2Nc2cccc3c2c2cccc(Nc4ccccc4-c4ccccc4)c2c2cccc(Nc4ccccc4-c4ccccc4)c32)cc1.c1ccc2c(c1)-c1cccc3c4cc5c6c7c8c(cc9c%10cccc%11c%10n%10c9c8c8c(cc9c%12cccc%13c%12n(c9c68)C5c5ccccc5-%13)C%10c5ccccc5-%11)C2n(c13)c47. The number of hydrogen-bond donors (Lipinski definition) is 3. The van der Waals surface area contributed by atoms with E-state index in [1.54, 1.807) is 0 Å². The Hall–Kier alpha value is -15.2. The maximum atomic E-state index is 3.93. The summed E-state index contributed by atoms with van der Waals surface area (Å²) in [5.74, 6) is 0. The van der Waals surface area contributed by atoms with Gasteiger partial charge in [0.25, 0.3) is 0 Å². The van der Waals surface area contributed by atoms with E-state index in [9.17, 15) is 0 Å². The van der Waals surface area contributed by atoms with Crippen molar-refractivity contribution in [3.8, 4) is 66.8 Å². The second-order valence-electron chi connectivity index (χ2n) is 32.8. The number of fused-ring (bicyclic) bond motifs is 21. The molecule has 9 heterocycles. The number of aromatic nitrogens is 3. The van der Waals surface area contributed by atoms with Gasteiger partial charge in [-0.25, -0.2) is 0 Å². The molecule has 0 fully saturated rings. The highest BCUT2D eigenvalue weighted by Gasteiger charge is 2.46. The first-order chi connectivity index (χ1) is 58.1. The lowest BCUT2D eigenvalue weighted by Gasteiger charge is -2.40. The summed E-state index contributed by atoms with van der Waals surface area (Å²) in [6, 6.07) is 135. The molecule has 0 amide bonds. The van der Waals surface area contributed by atoms with Gasteiger partial charge in [0.05, 0.1) is 51.2 Å². The van der Waals surface area contributed by atoms with E-state index in [1.807, 2.05) is 0 Å². The summed E-state index contributed by atoms with van der Waals surface area (Å²) in [6.07, 6.45) is 0. The molecule has 3 aromatic heterocycles. The van der Waals surface area contributed by atoms with E-state index in [1.165, 1.54) is 197 Å². The zero-order valence-electron chi connectivity index (χ0n) is 63.2. The minimum absolute atomic E-state index is 0.0701. The van der Waals surface area contributed by atoms with Gasteiger partial charge in [0.15, 0.2) is 0 Å². The Bertz CT molecular complexity index is 7650. The van der Waals surface area contributed by atoms with Crippen molar-refractivity contribution in [3.63, 3.8) is 0 Å². The Kier molecular flexibility index (Phi) is 12.1. The van der Waals surface area contributed by atoms with Crippen LogP contribution in [0.3, 0.4) is 0 Å². The van der Waals surface area contributed by atoms with Gasteiger partial charge in [0, 0.05) is 148 Å². The Morgan fingerprint density at radius 1 is 0.154 bits per heavy atom. The smallest absolute Gasteiger partial charge is 0.0858 e. The van der Waals surface area contributed by atoms with Gasteiger partial charge in [-0.05, 0) is 138 Å². The van der Waals surface area contributed by atoms with E-state index in [2.05, 4.69) is 394 Å². The Morgan fingerprint density at radius 3 is 0.701 bits per heavy atom. The van der Waals surface area contributed by atoms with Crippen LogP contribution in [0.25, 0.3) is 197 Å². The number of nitrogens with zero attached hydrogens (tertiary/aromatic N) is 3. The lowest BCUT2D eigenvalue weighted by atomic mass is 9.75. The molecule has 6 aliphatic heterocycles. The Balaban J connectivity index is 0.000000123. The minimum atomic E-state index is 0.0701. The molecule has 29 rings (SSSR count). The number of anilines is 6. The lowest BCUT2D eigenvalue weighted by molar-refractivity contribution is 0.716. The summed E-state index contributed by atoms with van der Waals surface area (Å²) in [5, 5.41) is 35.9. The first-order valence-electron chi connectivity index (χ1n) is 41.0. The summed E-state index contributed by atoms with van der Waals surface area (Å²) < 4.78 is 8.39. The second-order valence-corrected chi connectivity index (χ2v) is 32.8. The summed E-state index contributed by atoms with van der Waals surface area (Å²) in [7, 11) is 0. The predicted octanol–water partition coefficient (Wildman–Crippen LogP) is 29.6. The quantitative estimate of drug-likeness (QED) is 0.126. The van der Waals surface area contributed by atoms with E-state index in [-0.39, 0.29) is 18.1 Å². The predicted molar refractivity (Wildman–Crippen MR) is 490 cm³/mol. The van der Waals surface area contributed by atoms with E-state index >= 15 is 0 Å². The average molecular weight is 1480 g/mol. The molecule has 540 valence electrons. The fourth-order valence-corrected chi connectivity index (χ4v) is 23.0. The molecule has 3 atom stereocenters. The maximum Gasteiger partial charge on any atom is 0.0858 e. The van der Waals surface area contributed by atoms with E-state index in [0.29, 0.717) is 0 Å². The van der Waals surface area contributed by atoms with Crippen LogP contribution in [0.4, 0.5) is 34.1 Å². The molecule has 0 bridgehead atoms. The molecular formula is C111H66N6. The van der Waals surface area contributed by atoms with Crippen LogP contribution in [-0.4, -0.2) is 13.7 Å². The van der Waals surface area contributed by atoms with Gasteiger partial charge < -0.3 is 29.7 Å². The molecule has 20 aromatic carbocycles. The fourth-order valence-electron chi connectivity index (χ4n) is 23.0. The molecule has 0 spiro atoms. The minimum Gasteiger partial charge on any atom is -0.354 e. The van der Waals surface area contributed by atoms with Crippen LogP contribution in [-0.2, 0) is 0 Å². The van der Waals surface area contributed by atoms with Gasteiger partial charge in [-0.3, -0.25) is 0 Å². The molecule has 0 aliphatic carbocycles. The third kappa shape index (κ3) is 7.99. The molecule has 6 heteroatoms. The topological polar surface area (TPSA) is 50.9 Å². The average Bonchev–Trinajstić information content (AvgIpc) is 1.32. The van der Waals surface area contributed by atoms with E-state index in [0.717, 1.165) is 67.0 Å². The second kappa shape index (κ2) is 22.8. The van der Waals surface area contributed by atoms with Crippen LogP contribution in [0.2, 0.25) is 0 Å². The van der Waals surface area contributed by atoms with Gasteiger partial charge in [0.2, 0.25) is 0 Å². The first kappa shape index (κ1) is 62.3. The van der Waals surface area contributed by atoms with Crippen molar-refractivity contribution in [2.75, 3.05) is 16.0 Å². The molecule has 3 unspecified atom stereocenters. The Morgan fingerprint density at radius 2 is 0.393 bits per heavy atom. The fraction of sp³-hybridized carbons (Fsp3) is 0.0270. The van der Waals surface area contributed by atoms with Crippen LogP contribution in [0.1, 0.15) is 51.5 Å². The maximum absolute atomic E-state index is 3.93. The number of nitrogens with one attached hydrogen (secondary N) is 3. The van der Waals surface area contributed by atoms with Crippen LogP contribution >= 0.6 is 0 Å². The number of rotatable bonds is 9. The molecule has 0 saturated heterocycles. The molecule has 6 nitrogen and oxygen atoms in total. The van der Waals surface area contributed by atoms with Crippen molar-refractivity contribution in [1.29, 1.82) is 0 Å². The summed E-state index contributed by atoms with van der Waals surface area (Å²) in [5.41, 5.74) is 38.4. The van der Waals surface area contributed by atoms with Crippen LogP contribution in [0.5, 0.6) is 0 Å². The van der Waals surface area contributed by atoms with E-state index in [4.69, 9.17) is 0 Å². The molecule has 6 aliphatic rings. The number of benzene rings is 20. The van der Waals surface area contributed by atoms with Crippen molar-refractivity contribution in [1.82, 2.24) is 13.7 Å². The normalized spacial score (nSPS) is 14.9. The van der Waals surface area contributed by atoms with Crippen LogP contribution in [0, 0.1) is 0 Å². The highest BCUT2D eigenvalue weighted by atomic mass is 15.1. The van der Waals surface area contributed by atoms with Crippen molar-refractivity contribution in [2.24, 2.45) is 0 Å². The molecule has 117 heavy (non-hydrogen) atoms. The summed E-state index contributed by atoms with van der Waals surface area (Å²) in [4.78, 5) is 0. The van der Waals surface area contributed by atoms with Gasteiger partial charge in [0.1, 0.15) is 0 Å². The highest BCUT2D eigenvalue weighted by molar-refractivity contribution is 6.46.